The van der Waals surface area contributed by atoms with E-state index in [1.165, 1.54) is 18.1 Å². The zero-order valence-electron chi connectivity index (χ0n) is 19.8. The standard InChI is InChI=1S/C23H23N7OS.CH4O/c1-14-10-15(28-22-21-18(26-13-27-22)12-25-23(29-21)32-5)6-9-20(14)31-16-7-8-19(30(3)4)17(11-16)24-2;1-2/h6-13H,2H2,1,3-5H3,(H,26,27,28);2H,1H3. The van der Waals surface area contributed by atoms with Crippen molar-refractivity contribution in [1.29, 1.82) is 0 Å². The number of thioether (sulfide) groups is 1. The predicted octanol–water partition coefficient (Wildman–Crippen LogP) is 4.99. The number of fused-ring (bicyclic) bond motifs is 1. The van der Waals surface area contributed by atoms with Crippen LogP contribution in [0.15, 0.2) is 59.1 Å². The van der Waals surface area contributed by atoms with E-state index in [0.717, 1.165) is 35.5 Å². The lowest BCUT2D eigenvalue weighted by molar-refractivity contribution is 0.399. The van der Waals surface area contributed by atoms with E-state index in [4.69, 9.17) is 9.84 Å². The number of nitrogens with one attached hydrogen (secondary N) is 1. The summed E-state index contributed by atoms with van der Waals surface area (Å²) in [4.78, 5) is 23.5. The van der Waals surface area contributed by atoms with Gasteiger partial charge in [0.25, 0.3) is 0 Å². The van der Waals surface area contributed by atoms with Gasteiger partial charge in [0.05, 0.1) is 17.6 Å². The molecule has 0 bridgehead atoms. The van der Waals surface area contributed by atoms with Gasteiger partial charge in [-0.25, -0.2) is 19.9 Å². The van der Waals surface area contributed by atoms with Crippen molar-refractivity contribution >= 4 is 52.4 Å². The van der Waals surface area contributed by atoms with E-state index in [1.54, 1.807) is 6.20 Å². The second kappa shape index (κ2) is 11.4. The van der Waals surface area contributed by atoms with Gasteiger partial charge in [-0.1, -0.05) is 11.8 Å². The lowest BCUT2D eigenvalue weighted by Crippen LogP contribution is -2.08. The molecule has 34 heavy (non-hydrogen) atoms. The summed E-state index contributed by atoms with van der Waals surface area (Å²) in [5.41, 5.74) is 4.95. The molecule has 0 amide bonds. The molecule has 4 rings (SSSR count). The molecule has 0 atom stereocenters. The number of anilines is 3. The number of rotatable bonds is 7. The number of nitrogens with zero attached hydrogens (tertiary/aromatic N) is 6. The van der Waals surface area contributed by atoms with Gasteiger partial charge in [-0.15, -0.1) is 0 Å². The van der Waals surface area contributed by atoms with Gasteiger partial charge in [0.1, 0.15) is 28.9 Å². The van der Waals surface area contributed by atoms with Gasteiger partial charge in [0.2, 0.25) is 0 Å². The largest absolute Gasteiger partial charge is 0.457 e. The number of ether oxygens (including phenoxy) is 1. The number of hydrogen-bond acceptors (Lipinski definition) is 10. The molecule has 176 valence electrons. The molecule has 0 saturated heterocycles. The van der Waals surface area contributed by atoms with Gasteiger partial charge in [-0.2, -0.15) is 0 Å². The number of aryl methyl sites for hydroxylation is 1. The van der Waals surface area contributed by atoms with Crippen LogP contribution < -0.4 is 15.0 Å². The van der Waals surface area contributed by atoms with Crippen molar-refractivity contribution in [3.05, 3.63) is 54.5 Å². The summed E-state index contributed by atoms with van der Waals surface area (Å²) in [5, 5.41) is 11.0. The van der Waals surface area contributed by atoms with Crippen LogP contribution in [0.3, 0.4) is 0 Å². The first kappa shape index (κ1) is 24.9. The molecular formula is C24H27N7O2S. The molecule has 0 aliphatic rings. The van der Waals surface area contributed by atoms with Gasteiger partial charge in [0.15, 0.2) is 11.0 Å². The monoisotopic (exact) mass is 477 g/mol. The van der Waals surface area contributed by atoms with Gasteiger partial charge < -0.3 is 20.1 Å². The maximum absolute atomic E-state index is 7.00. The highest BCUT2D eigenvalue weighted by Crippen LogP contribution is 2.35. The molecule has 10 heteroatoms. The van der Waals surface area contributed by atoms with E-state index in [9.17, 15) is 0 Å². The third-order valence-corrected chi connectivity index (χ3v) is 5.36. The first-order chi connectivity index (χ1) is 16.5. The molecule has 2 heterocycles. The zero-order chi connectivity index (χ0) is 24.7. The Labute approximate surface area is 203 Å². The Hall–Kier alpha value is -3.76. The minimum absolute atomic E-state index is 0.627. The van der Waals surface area contributed by atoms with E-state index >= 15 is 0 Å². The minimum Gasteiger partial charge on any atom is -0.457 e. The second-order valence-electron chi connectivity index (χ2n) is 7.22. The highest BCUT2D eigenvalue weighted by atomic mass is 32.2. The maximum atomic E-state index is 7.00. The van der Waals surface area contributed by atoms with Crippen LogP contribution in [-0.2, 0) is 0 Å². The summed E-state index contributed by atoms with van der Waals surface area (Å²) in [6.45, 7) is 5.66. The topological polar surface area (TPSA) is 109 Å². The van der Waals surface area contributed by atoms with Crippen LogP contribution in [0.5, 0.6) is 11.5 Å². The molecule has 0 unspecified atom stereocenters. The highest BCUT2D eigenvalue weighted by molar-refractivity contribution is 7.98. The third kappa shape index (κ3) is 5.59. The Bertz CT molecular complexity index is 1300. The Balaban J connectivity index is 0.00000158. The van der Waals surface area contributed by atoms with Crippen molar-refractivity contribution < 1.29 is 9.84 Å². The molecule has 0 saturated carbocycles. The van der Waals surface area contributed by atoms with Gasteiger partial charge in [-0.05, 0) is 55.8 Å². The molecule has 9 nitrogen and oxygen atoms in total. The van der Waals surface area contributed by atoms with Crippen LogP contribution in [-0.4, -0.2) is 59.2 Å². The normalized spacial score (nSPS) is 10.3. The minimum atomic E-state index is 0.627. The molecule has 0 aliphatic carbocycles. The Morgan fingerprint density at radius 2 is 1.88 bits per heavy atom. The SMILES string of the molecule is C=Nc1cc(Oc2ccc(Nc3ncnc4cnc(SC)nc34)cc2C)ccc1N(C)C.CO. The average molecular weight is 478 g/mol. The maximum Gasteiger partial charge on any atom is 0.188 e. The van der Waals surface area contributed by atoms with E-state index in [0.29, 0.717) is 27.8 Å². The average Bonchev–Trinajstić information content (AvgIpc) is 2.86. The van der Waals surface area contributed by atoms with E-state index in [2.05, 4.69) is 37.0 Å². The van der Waals surface area contributed by atoms with Gasteiger partial charge >= 0.3 is 0 Å². The Morgan fingerprint density at radius 3 is 2.56 bits per heavy atom. The molecular weight excluding hydrogens is 450 g/mol. The van der Waals surface area contributed by atoms with Gasteiger partial charge in [-0.3, -0.25) is 4.99 Å². The Morgan fingerprint density at radius 1 is 1.09 bits per heavy atom. The molecule has 2 N–H and O–H groups in total. The summed E-state index contributed by atoms with van der Waals surface area (Å²) in [5.74, 6) is 2.08. The van der Waals surface area contributed by atoms with Crippen molar-refractivity contribution in [2.75, 3.05) is 37.7 Å². The van der Waals surface area contributed by atoms with Crippen molar-refractivity contribution in [3.8, 4) is 11.5 Å². The number of aliphatic imine (C=N–C) groups is 1. The molecule has 2 aromatic carbocycles. The molecule has 0 aliphatic heterocycles. The first-order valence-corrected chi connectivity index (χ1v) is 11.5. The smallest absolute Gasteiger partial charge is 0.188 e. The first-order valence-electron chi connectivity index (χ1n) is 10.3. The van der Waals surface area contributed by atoms with E-state index < -0.39 is 0 Å². The van der Waals surface area contributed by atoms with E-state index in [-0.39, 0.29) is 0 Å². The molecule has 2 aromatic heterocycles. The number of benzene rings is 2. The van der Waals surface area contributed by atoms with E-state index in [1.807, 2.05) is 68.6 Å². The fraction of sp³-hybridized carbons (Fsp3) is 0.208. The van der Waals surface area contributed by atoms with Crippen molar-refractivity contribution in [3.63, 3.8) is 0 Å². The van der Waals surface area contributed by atoms with Crippen molar-refractivity contribution in [1.82, 2.24) is 19.9 Å². The summed E-state index contributed by atoms with van der Waals surface area (Å²) in [6, 6.07) is 11.6. The lowest BCUT2D eigenvalue weighted by Gasteiger charge is -2.17. The number of aliphatic hydroxyl groups excluding tert-OH is 1. The van der Waals surface area contributed by atoms with Crippen molar-refractivity contribution in [2.24, 2.45) is 4.99 Å². The van der Waals surface area contributed by atoms with Gasteiger partial charge in [0, 0.05) is 33.0 Å². The summed E-state index contributed by atoms with van der Waals surface area (Å²) in [7, 11) is 4.93. The number of aromatic nitrogens is 4. The predicted molar refractivity (Wildman–Crippen MR) is 140 cm³/mol. The second-order valence-corrected chi connectivity index (χ2v) is 8.00. The summed E-state index contributed by atoms with van der Waals surface area (Å²) >= 11 is 1.47. The van der Waals surface area contributed by atoms with Crippen LogP contribution in [0, 0.1) is 6.92 Å². The van der Waals surface area contributed by atoms with Crippen molar-refractivity contribution in [2.45, 2.75) is 12.1 Å². The van der Waals surface area contributed by atoms with Crippen LogP contribution in [0.2, 0.25) is 0 Å². The highest BCUT2D eigenvalue weighted by Gasteiger charge is 2.11. The molecule has 0 radical (unpaired) electrons. The quantitative estimate of drug-likeness (QED) is 0.216. The van der Waals surface area contributed by atoms with Crippen LogP contribution >= 0.6 is 11.8 Å². The zero-order valence-corrected chi connectivity index (χ0v) is 20.6. The third-order valence-electron chi connectivity index (χ3n) is 4.80. The van der Waals surface area contributed by atoms with Crippen LogP contribution in [0.4, 0.5) is 22.9 Å². The lowest BCUT2D eigenvalue weighted by atomic mass is 10.2. The summed E-state index contributed by atoms with van der Waals surface area (Å²) < 4.78 is 6.11. The van der Waals surface area contributed by atoms with Crippen LogP contribution in [0.1, 0.15) is 5.56 Å². The Kier molecular flexibility index (Phi) is 8.34. The fourth-order valence-electron chi connectivity index (χ4n) is 3.20. The molecule has 4 aromatic rings. The summed E-state index contributed by atoms with van der Waals surface area (Å²) in [6.07, 6.45) is 5.14. The molecule has 0 fully saturated rings. The fourth-order valence-corrected chi connectivity index (χ4v) is 3.55. The number of hydrogen-bond donors (Lipinski definition) is 2. The molecule has 0 spiro atoms. The number of aliphatic hydroxyl groups is 1. The van der Waals surface area contributed by atoms with Crippen LogP contribution in [0.25, 0.3) is 11.0 Å².